The Morgan fingerprint density at radius 2 is 1.20 bits per heavy atom. The van der Waals surface area contributed by atoms with Crippen LogP contribution < -0.4 is 31.6 Å². The van der Waals surface area contributed by atoms with Crippen molar-refractivity contribution >= 4 is 42.0 Å². The molecule has 4 aromatic heterocycles. The summed E-state index contributed by atoms with van der Waals surface area (Å²) in [5.41, 5.74) is 11.8. The summed E-state index contributed by atoms with van der Waals surface area (Å²) in [6.07, 6.45) is 11.7. The summed E-state index contributed by atoms with van der Waals surface area (Å²) in [6, 6.07) is 21.9. The van der Waals surface area contributed by atoms with Crippen LogP contribution in [0, 0.1) is 23.5 Å². The number of aromatic carboxylic acids is 1. The Morgan fingerprint density at radius 1 is 0.696 bits per heavy atom. The second-order valence-corrected chi connectivity index (χ2v) is 17.0. The zero-order chi connectivity index (χ0) is 48.6. The quantitative estimate of drug-likeness (QED) is 0.0770. The number of carbonyl (C=O) groups is 3. The number of nitrogens with two attached hydrogens (primary N) is 2. The SMILES string of the molecule is CC(C)(C)OC(=O)Nc1ccc(-c2ncccn2)c(C(=O)O)n1.Cl.N[C@H]1CCC[C@@H]1COc1ccc(F)cc1.Nc1ccc(-c2ncccn2)c(C(=O)N[C@H]2CCC[C@@H]2COc2ccc(F)cc2)n1. The molecule has 69 heavy (non-hydrogen) atoms. The van der Waals surface area contributed by atoms with Crippen molar-refractivity contribution in [3.8, 4) is 34.3 Å². The first kappa shape index (κ1) is 52.6. The summed E-state index contributed by atoms with van der Waals surface area (Å²) in [6.45, 7) is 6.25. The average Bonchev–Trinajstić information content (AvgIpc) is 3.96. The fourth-order valence-corrected chi connectivity index (χ4v) is 7.39. The fourth-order valence-electron chi connectivity index (χ4n) is 7.39. The number of pyridine rings is 2. The van der Waals surface area contributed by atoms with E-state index in [1.807, 2.05) is 0 Å². The minimum absolute atomic E-state index is 0. The maximum absolute atomic E-state index is 13.1. The second-order valence-electron chi connectivity index (χ2n) is 17.0. The number of hydrogen-bond donors (Lipinski definition) is 5. The van der Waals surface area contributed by atoms with Gasteiger partial charge in [0.25, 0.3) is 5.91 Å². The number of carbonyl (C=O) groups excluding carboxylic acids is 2. The Morgan fingerprint density at radius 3 is 1.72 bits per heavy atom. The lowest BCUT2D eigenvalue weighted by atomic mass is 10.0. The smallest absolute Gasteiger partial charge is 0.413 e. The second kappa shape index (κ2) is 25.1. The molecule has 0 bridgehead atoms. The maximum atomic E-state index is 13.1. The Hall–Kier alpha value is -7.38. The van der Waals surface area contributed by atoms with Gasteiger partial charge in [0.1, 0.15) is 46.1 Å². The first-order chi connectivity index (χ1) is 32.6. The van der Waals surface area contributed by atoms with Crippen molar-refractivity contribution in [1.82, 2.24) is 35.2 Å². The van der Waals surface area contributed by atoms with Gasteiger partial charge in [0.2, 0.25) is 0 Å². The molecule has 2 aliphatic carbocycles. The number of carboxylic acid groups (broad SMARTS) is 1. The number of nitrogens with zero attached hydrogens (tertiary/aromatic N) is 6. The van der Waals surface area contributed by atoms with Crippen LogP contribution in [0.5, 0.6) is 11.5 Å². The molecule has 364 valence electrons. The van der Waals surface area contributed by atoms with E-state index < -0.39 is 17.7 Å². The molecule has 2 aliphatic rings. The van der Waals surface area contributed by atoms with Crippen molar-refractivity contribution in [2.75, 3.05) is 24.3 Å². The molecule has 8 rings (SSSR count). The van der Waals surface area contributed by atoms with Crippen molar-refractivity contribution < 1.29 is 42.5 Å². The molecule has 0 saturated heterocycles. The average molecular weight is 969 g/mol. The van der Waals surface area contributed by atoms with Crippen LogP contribution >= 0.6 is 12.4 Å². The van der Waals surface area contributed by atoms with E-state index in [-0.39, 0.29) is 82.4 Å². The third-order valence-electron chi connectivity index (χ3n) is 10.7. The maximum Gasteiger partial charge on any atom is 0.413 e. The molecule has 17 nitrogen and oxygen atoms in total. The molecule has 4 heterocycles. The van der Waals surface area contributed by atoms with Crippen LogP contribution in [0.25, 0.3) is 22.8 Å². The molecule has 20 heteroatoms. The summed E-state index contributed by atoms with van der Waals surface area (Å²) < 4.78 is 42.1. The Kier molecular flexibility index (Phi) is 19.1. The topological polar surface area (TPSA) is 253 Å². The largest absolute Gasteiger partial charge is 0.493 e. The predicted octanol–water partition coefficient (Wildman–Crippen LogP) is 8.57. The van der Waals surface area contributed by atoms with Crippen molar-refractivity contribution in [1.29, 1.82) is 0 Å². The molecule has 0 radical (unpaired) electrons. The highest BCUT2D eigenvalue weighted by molar-refractivity contribution is 5.99. The minimum Gasteiger partial charge on any atom is -0.493 e. The highest BCUT2D eigenvalue weighted by atomic mass is 35.5. The van der Waals surface area contributed by atoms with Crippen LogP contribution in [0.15, 0.2) is 110 Å². The van der Waals surface area contributed by atoms with E-state index in [4.69, 9.17) is 25.7 Å². The summed E-state index contributed by atoms with van der Waals surface area (Å²) in [4.78, 5) is 60.8. The molecule has 4 atom stereocenters. The summed E-state index contributed by atoms with van der Waals surface area (Å²) >= 11 is 0. The van der Waals surface area contributed by atoms with Crippen LogP contribution in [-0.4, -0.2) is 83.9 Å². The first-order valence-corrected chi connectivity index (χ1v) is 22.0. The Labute approximate surface area is 404 Å². The zero-order valence-corrected chi connectivity index (χ0v) is 39.1. The molecular formula is C49H55ClF2N10O7. The Bertz CT molecular complexity index is 2600. The van der Waals surface area contributed by atoms with Crippen molar-refractivity contribution in [3.63, 3.8) is 0 Å². The first-order valence-electron chi connectivity index (χ1n) is 22.0. The van der Waals surface area contributed by atoms with Crippen LogP contribution in [-0.2, 0) is 4.74 Å². The number of aromatic nitrogens is 6. The molecule has 0 spiro atoms. The predicted molar refractivity (Wildman–Crippen MR) is 257 cm³/mol. The van der Waals surface area contributed by atoms with Crippen molar-refractivity contribution in [2.45, 2.75) is 77.0 Å². The number of halogens is 3. The molecule has 2 fully saturated rings. The highest BCUT2D eigenvalue weighted by Crippen LogP contribution is 2.29. The zero-order valence-electron chi connectivity index (χ0n) is 38.3. The van der Waals surface area contributed by atoms with Crippen LogP contribution in [0.2, 0.25) is 0 Å². The number of carboxylic acids is 1. The van der Waals surface area contributed by atoms with E-state index >= 15 is 0 Å². The van der Waals surface area contributed by atoms with E-state index in [0.29, 0.717) is 36.3 Å². The van der Waals surface area contributed by atoms with Gasteiger partial charge in [0, 0.05) is 48.7 Å². The van der Waals surface area contributed by atoms with Crippen molar-refractivity contribution in [2.24, 2.45) is 17.6 Å². The number of rotatable bonds is 12. The lowest BCUT2D eigenvalue weighted by Gasteiger charge is -2.21. The van der Waals surface area contributed by atoms with Gasteiger partial charge in [-0.1, -0.05) is 12.8 Å². The van der Waals surface area contributed by atoms with Crippen LogP contribution in [0.3, 0.4) is 0 Å². The van der Waals surface area contributed by atoms with Gasteiger partial charge >= 0.3 is 12.1 Å². The van der Waals surface area contributed by atoms with Gasteiger partial charge in [0.15, 0.2) is 17.3 Å². The Balaban J connectivity index is 0.000000202. The molecule has 0 unspecified atom stereocenters. The molecule has 2 amide bonds. The third kappa shape index (κ3) is 16.1. The van der Waals surface area contributed by atoms with E-state index in [1.165, 1.54) is 55.2 Å². The van der Waals surface area contributed by atoms with E-state index in [2.05, 4.69) is 40.5 Å². The number of anilines is 2. The van der Waals surface area contributed by atoms with Gasteiger partial charge in [0.05, 0.1) is 24.3 Å². The number of ether oxygens (including phenoxy) is 3. The van der Waals surface area contributed by atoms with E-state index in [9.17, 15) is 28.3 Å². The normalized spacial score (nSPS) is 17.1. The monoisotopic (exact) mass is 968 g/mol. The van der Waals surface area contributed by atoms with E-state index in [0.717, 1.165) is 37.9 Å². The highest BCUT2D eigenvalue weighted by Gasteiger charge is 2.31. The van der Waals surface area contributed by atoms with Gasteiger partial charge in [-0.15, -0.1) is 12.4 Å². The summed E-state index contributed by atoms with van der Waals surface area (Å²) in [5, 5.41) is 14.8. The van der Waals surface area contributed by atoms with Gasteiger partial charge in [-0.25, -0.2) is 48.3 Å². The molecule has 2 aromatic carbocycles. The third-order valence-corrected chi connectivity index (χ3v) is 10.7. The van der Waals surface area contributed by atoms with Gasteiger partial charge in [-0.05, 0) is 131 Å². The number of benzene rings is 2. The summed E-state index contributed by atoms with van der Waals surface area (Å²) in [7, 11) is 0. The van der Waals surface area contributed by atoms with Gasteiger partial charge in [-0.2, -0.15) is 0 Å². The standard InChI is InChI=1S/C22H22FN5O2.C15H16N4O4.C12H16FNO.ClH/c23-15-5-7-16(8-6-15)30-13-14-3-1-4-18(14)27-22(29)20-17(9-10-19(24)28-20)21-25-11-2-12-26-21;1-15(2,3)23-14(22)19-10-6-5-9(11(18-10)13(20)21)12-16-7-4-8-17-12;13-10-4-6-11(7-5-10)15-8-9-2-1-3-12(9)14;/h2,5-12,14,18H,1,3-4,13H2,(H2,24,28)(H,27,29);4-8H,1-3H3,(H,20,21)(H,18,19,22);4-7,9,12H,1-3,8,14H2;1H/t14-,18+;;9-,12+;/m1.1./s1. The van der Waals surface area contributed by atoms with Gasteiger partial charge < -0.3 is 36.1 Å². The molecular weight excluding hydrogens is 914 g/mol. The molecule has 7 N–H and O–H groups in total. The molecule has 0 aliphatic heterocycles. The van der Waals surface area contributed by atoms with Crippen LogP contribution in [0.4, 0.5) is 25.2 Å². The van der Waals surface area contributed by atoms with Crippen LogP contribution in [0.1, 0.15) is 80.3 Å². The lowest BCUT2D eigenvalue weighted by molar-refractivity contribution is 0.0630. The fraction of sp³-hybridized carbons (Fsp3) is 0.327. The number of nitrogen functional groups attached to an aromatic ring is 1. The number of amides is 2. The number of nitrogens with one attached hydrogen (secondary N) is 2. The lowest BCUT2D eigenvalue weighted by Crippen LogP contribution is -2.40. The van der Waals surface area contributed by atoms with Crippen molar-refractivity contribution in [3.05, 3.63) is 133 Å². The number of hydrogen-bond acceptors (Lipinski definition) is 14. The summed E-state index contributed by atoms with van der Waals surface area (Å²) in [5.74, 6) is 0.791. The molecule has 6 aromatic rings. The van der Waals surface area contributed by atoms with E-state index in [1.54, 1.807) is 81.7 Å². The van der Waals surface area contributed by atoms with Gasteiger partial charge in [-0.3, -0.25) is 10.1 Å². The minimum atomic E-state index is -1.25. The molecule has 2 saturated carbocycles.